The van der Waals surface area contributed by atoms with E-state index in [2.05, 4.69) is 21.9 Å². The van der Waals surface area contributed by atoms with Crippen molar-refractivity contribution in [1.82, 2.24) is 15.0 Å². The van der Waals surface area contributed by atoms with Crippen molar-refractivity contribution in [2.75, 3.05) is 5.73 Å². The molecule has 0 radical (unpaired) electrons. The lowest BCUT2D eigenvalue weighted by Gasteiger charge is -2.29. The Balaban J connectivity index is 1.64. The van der Waals surface area contributed by atoms with E-state index in [1.54, 1.807) is 6.07 Å². The summed E-state index contributed by atoms with van der Waals surface area (Å²) in [7, 11) is 0. The van der Waals surface area contributed by atoms with Gasteiger partial charge in [-0.15, -0.1) is 0 Å². The molecule has 8 heteroatoms. The van der Waals surface area contributed by atoms with Gasteiger partial charge in [-0.3, -0.25) is 9.59 Å². The Kier molecular flexibility index (Phi) is 6.34. The van der Waals surface area contributed by atoms with E-state index in [1.807, 2.05) is 18.2 Å². The summed E-state index contributed by atoms with van der Waals surface area (Å²) in [6.07, 6.45) is 4.39. The zero-order chi connectivity index (χ0) is 19.4. The van der Waals surface area contributed by atoms with E-state index in [4.69, 9.17) is 17.3 Å². The maximum atomic E-state index is 12.6. The van der Waals surface area contributed by atoms with Crippen LogP contribution < -0.4 is 16.4 Å². The molecular formula is C19H23ClN4O2S. The molecular weight excluding hydrogens is 384 g/mol. The highest BCUT2D eigenvalue weighted by molar-refractivity contribution is 7.09. The first-order chi connectivity index (χ1) is 13.0. The third-order valence-corrected chi connectivity index (χ3v) is 6.20. The predicted molar refractivity (Wildman–Crippen MR) is 108 cm³/mol. The quantitative estimate of drug-likeness (QED) is 0.706. The largest absolute Gasteiger partial charge is 0.395 e. The Morgan fingerprint density at radius 1 is 1.26 bits per heavy atom. The van der Waals surface area contributed by atoms with Gasteiger partial charge in [0, 0.05) is 17.6 Å². The highest BCUT2D eigenvalue weighted by Gasteiger charge is 2.27. The molecule has 1 aliphatic rings. The lowest BCUT2D eigenvalue weighted by molar-refractivity contribution is 0.0915. The minimum absolute atomic E-state index is 0.0777. The molecule has 1 aliphatic carbocycles. The monoisotopic (exact) mass is 406 g/mol. The van der Waals surface area contributed by atoms with Gasteiger partial charge in [-0.2, -0.15) is 4.37 Å². The molecule has 2 aromatic rings. The molecule has 0 saturated heterocycles. The van der Waals surface area contributed by atoms with Gasteiger partial charge >= 0.3 is 0 Å². The van der Waals surface area contributed by atoms with E-state index >= 15 is 0 Å². The molecule has 27 heavy (non-hydrogen) atoms. The van der Waals surface area contributed by atoms with Gasteiger partial charge in [0.25, 0.3) is 11.8 Å². The third-order valence-electron chi connectivity index (χ3n) is 4.97. The first kappa shape index (κ1) is 19.6. The van der Waals surface area contributed by atoms with Crippen molar-refractivity contribution in [2.45, 2.75) is 45.2 Å². The normalized spacial score (nSPS) is 19.5. The van der Waals surface area contributed by atoms with Crippen LogP contribution in [0.4, 0.5) is 5.69 Å². The van der Waals surface area contributed by atoms with Crippen molar-refractivity contribution in [1.29, 1.82) is 0 Å². The fraction of sp³-hybridized carbons (Fsp3) is 0.421. The molecule has 2 amide bonds. The summed E-state index contributed by atoms with van der Waals surface area (Å²) in [5.41, 5.74) is 7.04. The van der Waals surface area contributed by atoms with E-state index < -0.39 is 5.91 Å². The standard InChI is InChI=1S/C19H23ClN4O2S/c1-11-6-2-5-9-14(11)23-19(26)17-15(21)16(24-27-17)18(25)22-10-12-7-3-4-8-13(12)20/h3-4,7-8,11,14H,2,5-6,9-10,21H2,1H3,(H,22,25)(H,23,26)/t11-,14+/m0/s1. The summed E-state index contributed by atoms with van der Waals surface area (Å²) < 4.78 is 4.09. The van der Waals surface area contributed by atoms with Gasteiger partial charge in [-0.25, -0.2) is 0 Å². The Morgan fingerprint density at radius 2 is 2.00 bits per heavy atom. The molecule has 1 heterocycles. The number of aromatic nitrogens is 1. The highest BCUT2D eigenvalue weighted by atomic mass is 35.5. The summed E-state index contributed by atoms with van der Waals surface area (Å²) in [6, 6.07) is 7.40. The number of carbonyl (C=O) groups is 2. The molecule has 0 bridgehead atoms. The fourth-order valence-corrected chi connectivity index (χ4v) is 4.19. The van der Waals surface area contributed by atoms with E-state index in [0.717, 1.165) is 36.4 Å². The second-order valence-electron chi connectivity index (χ2n) is 6.89. The smallest absolute Gasteiger partial charge is 0.273 e. The van der Waals surface area contributed by atoms with Crippen molar-refractivity contribution in [3.63, 3.8) is 0 Å². The zero-order valence-corrected chi connectivity index (χ0v) is 16.7. The lowest BCUT2D eigenvalue weighted by Crippen LogP contribution is -2.41. The van der Waals surface area contributed by atoms with Crippen LogP contribution in [0.1, 0.15) is 58.3 Å². The number of rotatable bonds is 5. The molecule has 6 nitrogen and oxygen atoms in total. The molecule has 4 N–H and O–H groups in total. The van der Waals surface area contributed by atoms with Gasteiger partial charge in [-0.05, 0) is 41.9 Å². The van der Waals surface area contributed by atoms with Crippen molar-refractivity contribution >= 4 is 40.6 Å². The molecule has 1 aromatic carbocycles. The van der Waals surface area contributed by atoms with E-state index in [9.17, 15) is 9.59 Å². The van der Waals surface area contributed by atoms with E-state index in [0.29, 0.717) is 10.9 Å². The van der Waals surface area contributed by atoms with Crippen molar-refractivity contribution in [3.8, 4) is 0 Å². The summed E-state index contributed by atoms with van der Waals surface area (Å²) in [5.74, 6) is -0.238. The number of anilines is 1. The number of nitrogens with one attached hydrogen (secondary N) is 2. The van der Waals surface area contributed by atoms with E-state index in [1.165, 1.54) is 6.42 Å². The van der Waals surface area contributed by atoms with Crippen LogP contribution in [0.25, 0.3) is 0 Å². The van der Waals surface area contributed by atoms with Crippen LogP contribution in [0.5, 0.6) is 0 Å². The first-order valence-electron chi connectivity index (χ1n) is 9.05. The molecule has 2 atom stereocenters. The van der Waals surface area contributed by atoms with Gasteiger partial charge < -0.3 is 16.4 Å². The Hall–Kier alpha value is -2.12. The average Bonchev–Trinajstić information content (AvgIpc) is 3.04. The highest BCUT2D eigenvalue weighted by Crippen LogP contribution is 2.26. The second-order valence-corrected chi connectivity index (χ2v) is 8.07. The number of nitrogen functional groups attached to an aromatic ring is 1. The maximum Gasteiger partial charge on any atom is 0.273 e. The number of nitrogens with zero attached hydrogens (tertiary/aromatic N) is 1. The van der Waals surface area contributed by atoms with Gasteiger partial charge in [-0.1, -0.05) is 49.6 Å². The van der Waals surface area contributed by atoms with Crippen molar-refractivity contribution < 1.29 is 9.59 Å². The minimum Gasteiger partial charge on any atom is -0.395 e. The van der Waals surface area contributed by atoms with Crippen molar-refractivity contribution in [2.24, 2.45) is 5.92 Å². The third kappa shape index (κ3) is 4.59. The van der Waals surface area contributed by atoms with E-state index in [-0.39, 0.29) is 34.8 Å². The summed E-state index contributed by atoms with van der Waals surface area (Å²) in [5, 5.41) is 6.37. The lowest BCUT2D eigenvalue weighted by atomic mass is 9.86. The van der Waals surface area contributed by atoms with Crippen LogP contribution in [-0.2, 0) is 6.54 Å². The van der Waals surface area contributed by atoms with Gasteiger partial charge in [0.15, 0.2) is 5.69 Å². The second kappa shape index (κ2) is 8.71. The Morgan fingerprint density at radius 3 is 2.74 bits per heavy atom. The summed E-state index contributed by atoms with van der Waals surface area (Å²) in [4.78, 5) is 25.3. The molecule has 0 unspecified atom stereocenters. The van der Waals surface area contributed by atoms with Crippen LogP contribution >= 0.6 is 23.1 Å². The summed E-state index contributed by atoms with van der Waals surface area (Å²) >= 11 is 7.05. The van der Waals surface area contributed by atoms with Crippen LogP contribution in [0.2, 0.25) is 5.02 Å². The van der Waals surface area contributed by atoms with Crippen LogP contribution in [0, 0.1) is 5.92 Å². The minimum atomic E-state index is -0.422. The molecule has 0 spiro atoms. The number of hydrogen-bond donors (Lipinski definition) is 3. The maximum absolute atomic E-state index is 12.6. The molecule has 0 aliphatic heterocycles. The Bertz CT molecular complexity index is 839. The first-order valence-corrected chi connectivity index (χ1v) is 10.2. The fourth-order valence-electron chi connectivity index (χ4n) is 3.29. The van der Waals surface area contributed by atoms with Crippen molar-refractivity contribution in [3.05, 3.63) is 45.4 Å². The number of benzene rings is 1. The van der Waals surface area contributed by atoms with Gasteiger partial charge in [0.1, 0.15) is 4.88 Å². The number of nitrogens with two attached hydrogens (primary N) is 1. The number of carbonyl (C=O) groups excluding carboxylic acids is 2. The number of halogens is 1. The SMILES string of the molecule is C[C@H]1CCCC[C@H]1NC(=O)c1snc(C(=O)NCc2ccccc2Cl)c1N. The topological polar surface area (TPSA) is 97.1 Å². The molecule has 3 rings (SSSR count). The zero-order valence-electron chi connectivity index (χ0n) is 15.1. The molecule has 1 aromatic heterocycles. The number of hydrogen-bond acceptors (Lipinski definition) is 5. The number of amides is 2. The molecule has 144 valence electrons. The van der Waals surface area contributed by atoms with Gasteiger partial charge in [0.2, 0.25) is 0 Å². The van der Waals surface area contributed by atoms with Crippen LogP contribution in [0.15, 0.2) is 24.3 Å². The van der Waals surface area contributed by atoms with Gasteiger partial charge in [0.05, 0.1) is 5.69 Å². The predicted octanol–water partition coefficient (Wildman–Crippen LogP) is 3.62. The average molecular weight is 407 g/mol. The van der Waals surface area contributed by atoms with Crippen LogP contribution in [0.3, 0.4) is 0 Å². The summed E-state index contributed by atoms with van der Waals surface area (Å²) in [6.45, 7) is 2.41. The molecule has 1 saturated carbocycles. The Labute approximate surface area is 167 Å². The molecule has 1 fully saturated rings. The van der Waals surface area contributed by atoms with Crippen LogP contribution in [-0.4, -0.2) is 22.2 Å².